The van der Waals surface area contributed by atoms with Crippen molar-refractivity contribution in [2.24, 2.45) is 0 Å². The number of ether oxygens (including phenoxy) is 2. The van der Waals surface area contributed by atoms with Crippen LogP contribution in [-0.4, -0.2) is 26.7 Å². The molecule has 0 aliphatic carbocycles. The SMILES string of the molecule is CCCCNC(=O)CCc1ccc(C(C)(c2ccc(OC)cc2)c2ccc(OC)cc2)cc1. The Bertz CT molecular complexity index is 961. The fourth-order valence-electron chi connectivity index (χ4n) is 4.10. The number of rotatable bonds is 11. The van der Waals surface area contributed by atoms with E-state index in [4.69, 9.17) is 9.47 Å². The Balaban J connectivity index is 1.86. The van der Waals surface area contributed by atoms with Crippen molar-refractivity contribution >= 4 is 5.91 Å². The van der Waals surface area contributed by atoms with E-state index in [0.29, 0.717) is 6.42 Å². The van der Waals surface area contributed by atoms with E-state index >= 15 is 0 Å². The first-order valence-corrected chi connectivity index (χ1v) is 11.7. The molecule has 0 bridgehead atoms. The Morgan fingerprint density at radius 3 is 1.67 bits per heavy atom. The maximum Gasteiger partial charge on any atom is 0.220 e. The molecule has 1 N–H and O–H groups in total. The average molecular weight is 446 g/mol. The highest BCUT2D eigenvalue weighted by Gasteiger charge is 2.31. The van der Waals surface area contributed by atoms with Crippen LogP contribution >= 0.6 is 0 Å². The number of aryl methyl sites for hydroxylation is 1. The summed E-state index contributed by atoms with van der Waals surface area (Å²) >= 11 is 0. The van der Waals surface area contributed by atoms with E-state index in [1.165, 1.54) is 16.7 Å². The van der Waals surface area contributed by atoms with Crippen molar-refractivity contribution in [3.63, 3.8) is 0 Å². The third-order valence-electron chi connectivity index (χ3n) is 6.36. The topological polar surface area (TPSA) is 47.6 Å². The van der Waals surface area contributed by atoms with Crippen LogP contribution in [0.2, 0.25) is 0 Å². The first-order chi connectivity index (χ1) is 16.0. The highest BCUT2D eigenvalue weighted by atomic mass is 16.5. The normalized spacial score (nSPS) is 11.2. The van der Waals surface area contributed by atoms with E-state index in [1.54, 1.807) is 14.2 Å². The zero-order chi connectivity index (χ0) is 23.7. The zero-order valence-electron chi connectivity index (χ0n) is 20.2. The minimum atomic E-state index is -0.353. The lowest BCUT2D eigenvalue weighted by Crippen LogP contribution is -2.25. The fourth-order valence-corrected chi connectivity index (χ4v) is 4.10. The van der Waals surface area contributed by atoms with Gasteiger partial charge in [0.1, 0.15) is 11.5 Å². The van der Waals surface area contributed by atoms with Gasteiger partial charge in [-0.05, 0) is 66.3 Å². The minimum absolute atomic E-state index is 0.119. The third kappa shape index (κ3) is 5.95. The van der Waals surface area contributed by atoms with Gasteiger partial charge in [-0.25, -0.2) is 0 Å². The van der Waals surface area contributed by atoms with Gasteiger partial charge in [0.15, 0.2) is 0 Å². The molecule has 0 radical (unpaired) electrons. The van der Waals surface area contributed by atoms with Gasteiger partial charge in [0.05, 0.1) is 14.2 Å². The maximum absolute atomic E-state index is 12.1. The molecule has 3 rings (SSSR count). The van der Waals surface area contributed by atoms with Crippen molar-refractivity contribution in [1.29, 1.82) is 0 Å². The molecular formula is C29H35NO3. The summed E-state index contributed by atoms with van der Waals surface area (Å²) in [6, 6.07) is 25.1. The predicted molar refractivity (Wildman–Crippen MR) is 134 cm³/mol. The summed E-state index contributed by atoms with van der Waals surface area (Å²) < 4.78 is 10.7. The van der Waals surface area contributed by atoms with E-state index in [-0.39, 0.29) is 11.3 Å². The zero-order valence-corrected chi connectivity index (χ0v) is 20.2. The molecule has 3 aromatic rings. The average Bonchev–Trinajstić information content (AvgIpc) is 2.87. The Morgan fingerprint density at radius 2 is 1.24 bits per heavy atom. The Morgan fingerprint density at radius 1 is 0.788 bits per heavy atom. The lowest BCUT2D eigenvalue weighted by atomic mass is 9.71. The molecule has 0 aliphatic heterocycles. The number of nitrogens with one attached hydrogen (secondary N) is 1. The predicted octanol–water partition coefficient (Wildman–Crippen LogP) is 5.91. The van der Waals surface area contributed by atoms with E-state index < -0.39 is 0 Å². The molecule has 0 saturated carbocycles. The molecule has 0 aliphatic rings. The minimum Gasteiger partial charge on any atom is -0.497 e. The summed E-state index contributed by atoms with van der Waals surface area (Å²) in [6.45, 7) is 5.13. The van der Waals surface area contributed by atoms with Gasteiger partial charge >= 0.3 is 0 Å². The summed E-state index contributed by atoms with van der Waals surface area (Å²) in [4.78, 5) is 12.1. The molecule has 0 heterocycles. The summed E-state index contributed by atoms with van der Waals surface area (Å²) in [5.74, 6) is 1.79. The van der Waals surface area contributed by atoms with Crippen LogP contribution < -0.4 is 14.8 Å². The molecular weight excluding hydrogens is 410 g/mol. The number of carbonyl (C=O) groups excluding carboxylic acids is 1. The molecule has 33 heavy (non-hydrogen) atoms. The van der Waals surface area contributed by atoms with E-state index in [2.05, 4.69) is 67.7 Å². The number of hydrogen-bond donors (Lipinski definition) is 1. The summed E-state index contributed by atoms with van der Waals surface area (Å²) in [6.07, 6.45) is 3.36. The van der Waals surface area contributed by atoms with E-state index in [1.807, 2.05) is 24.3 Å². The number of amides is 1. The molecule has 3 aromatic carbocycles. The van der Waals surface area contributed by atoms with Crippen LogP contribution in [0.4, 0.5) is 0 Å². The molecule has 0 spiro atoms. The van der Waals surface area contributed by atoms with Gasteiger partial charge in [0, 0.05) is 18.4 Å². The molecule has 4 heteroatoms. The molecule has 0 fully saturated rings. The van der Waals surface area contributed by atoms with Crippen molar-refractivity contribution in [3.05, 3.63) is 95.1 Å². The second-order valence-corrected chi connectivity index (χ2v) is 8.48. The first-order valence-electron chi connectivity index (χ1n) is 11.7. The molecule has 0 atom stereocenters. The van der Waals surface area contributed by atoms with Crippen LogP contribution in [0.25, 0.3) is 0 Å². The third-order valence-corrected chi connectivity index (χ3v) is 6.36. The van der Waals surface area contributed by atoms with Crippen molar-refractivity contribution in [2.45, 2.75) is 44.9 Å². The van der Waals surface area contributed by atoms with Crippen LogP contribution in [0.1, 0.15) is 55.4 Å². The largest absolute Gasteiger partial charge is 0.497 e. The maximum atomic E-state index is 12.1. The molecule has 0 unspecified atom stereocenters. The van der Waals surface area contributed by atoms with Crippen molar-refractivity contribution in [3.8, 4) is 11.5 Å². The van der Waals surface area contributed by atoms with Gasteiger partial charge in [-0.1, -0.05) is 61.9 Å². The van der Waals surface area contributed by atoms with E-state index in [9.17, 15) is 4.79 Å². The summed E-state index contributed by atoms with van der Waals surface area (Å²) in [5.41, 5.74) is 4.35. The van der Waals surface area contributed by atoms with Crippen LogP contribution in [0.5, 0.6) is 11.5 Å². The van der Waals surface area contributed by atoms with Crippen LogP contribution in [0, 0.1) is 0 Å². The lowest BCUT2D eigenvalue weighted by Gasteiger charge is -2.32. The Kier molecular flexibility index (Phi) is 8.53. The van der Waals surface area contributed by atoms with Crippen molar-refractivity contribution in [2.75, 3.05) is 20.8 Å². The first kappa shape index (κ1) is 24.4. The molecule has 0 saturated heterocycles. The second-order valence-electron chi connectivity index (χ2n) is 8.48. The van der Waals surface area contributed by atoms with Gasteiger partial charge in [-0.2, -0.15) is 0 Å². The summed E-state index contributed by atoms with van der Waals surface area (Å²) in [7, 11) is 3.36. The monoisotopic (exact) mass is 445 g/mol. The van der Waals surface area contributed by atoms with Gasteiger partial charge in [-0.3, -0.25) is 4.79 Å². The molecule has 0 aromatic heterocycles. The van der Waals surface area contributed by atoms with Gasteiger partial charge < -0.3 is 14.8 Å². The van der Waals surface area contributed by atoms with Crippen molar-refractivity contribution < 1.29 is 14.3 Å². The molecule has 174 valence electrons. The van der Waals surface area contributed by atoms with Gasteiger partial charge in [0.2, 0.25) is 5.91 Å². The Hall–Kier alpha value is -3.27. The smallest absolute Gasteiger partial charge is 0.220 e. The Labute approximate surface area is 197 Å². The van der Waals surface area contributed by atoms with Crippen LogP contribution in [0.15, 0.2) is 72.8 Å². The quantitative estimate of drug-likeness (QED) is 0.295. The number of methoxy groups -OCH3 is 2. The lowest BCUT2D eigenvalue weighted by molar-refractivity contribution is -0.121. The van der Waals surface area contributed by atoms with Crippen LogP contribution in [-0.2, 0) is 16.6 Å². The van der Waals surface area contributed by atoms with E-state index in [0.717, 1.165) is 42.9 Å². The molecule has 1 amide bonds. The fraction of sp³-hybridized carbons (Fsp3) is 0.345. The molecule has 4 nitrogen and oxygen atoms in total. The highest BCUT2D eigenvalue weighted by molar-refractivity contribution is 5.76. The highest BCUT2D eigenvalue weighted by Crippen LogP contribution is 2.40. The summed E-state index contributed by atoms with van der Waals surface area (Å²) in [5, 5.41) is 2.99. The number of hydrogen-bond acceptors (Lipinski definition) is 3. The number of benzene rings is 3. The number of unbranched alkanes of at least 4 members (excludes halogenated alkanes) is 1. The van der Waals surface area contributed by atoms with Gasteiger partial charge in [-0.15, -0.1) is 0 Å². The van der Waals surface area contributed by atoms with Crippen molar-refractivity contribution in [1.82, 2.24) is 5.32 Å². The number of carbonyl (C=O) groups is 1. The van der Waals surface area contributed by atoms with Gasteiger partial charge in [0.25, 0.3) is 0 Å². The second kappa shape index (κ2) is 11.6. The van der Waals surface area contributed by atoms with Crippen LogP contribution in [0.3, 0.4) is 0 Å². The standard InChI is InChI=1S/C29H35NO3/c1-5-6-21-30-28(31)20-9-22-7-10-23(11-8-22)29(2,24-12-16-26(32-3)17-13-24)25-14-18-27(33-4)19-15-25/h7-8,10-19H,5-6,9,20-21H2,1-4H3,(H,30,31).